The zero-order chi connectivity index (χ0) is 29.9. The van der Waals surface area contributed by atoms with E-state index in [2.05, 4.69) is 30.2 Å². The van der Waals surface area contributed by atoms with Crippen molar-refractivity contribution in [2.24, 2.45) is 0 Å². The number of aryl methyl sites for hydroxylation is 1. The van der Waals surface area contributed by atoms with E-state index in [4.69, 9.17) is 9.47 Å². The SMILES string of the molecule is CCCCCCN(C(=O)C(CS)NC(=O)OC(C)(C)C)C(C(=O)Nc1ccc(OC)cc1)c1ccc(O)c(C)c1. The number of anilines is 1. The standard InChI is InChI=1S/C30H43N3O6S/c1-7-8-9-10-17-33(28(36)24(19-40)32-29(37)39-30(3,4)5)26(21-11-16-25(34)20(2)18-21)27(35)31-22-12-14-23(38-6)15-13-22/h11-16,18,24,26,34,40H,7-10,17,19H2,1-6H3,(H,31,35)(H,32,37). The largest absolute Gasteiger partial charge is 0.508 e. The molecule has 0 saturated carbocycles. The highest BCUT2D eigenvalue weighted by Crippen LogP contribution is 2.29. The fourth-order valence-corrected chi connectivity index (χ4v) is 4.36. The zero-order valence-corrected chi connectivity index (χ0v) is 25.2. The fourth-order valence-electron chi connectivity index (χ4n) is 4.12. The monoisotopic (exact) mass is 573 g/mol. The van der Waals surface area contributed by atoms with Crippen LogP contribution in [0.15, 0.2) is 42.5 Å². The molecule has 0 saturated heterocycles. The zero-order valence-electron chi connectivity index (χ0n) is 24.3. The number of carbonyl (C=O) groups is 3. The van der Waals surface area contributed by atoms with E-state index >= 15 is 0 Å². The van der Waals surface area contributed by atoms with Crippen molar-refractivity contribution in [2.75, 3.05) is 24.7 Å². The number of nitrogens with one attached hydrogen (secondary N) is 2. The first-order valence-corrected chi connectivity index (χ1v) is 14.2. The Morgan fingerprint density at radius 3 is 2.27 bits per heavy atom. The molecule has 10 heteroatoms. The second kappa shape index (κ2) is 15.4. The molecule has 9 nitrogen and oxygen atoms in total. The van der Waals surface area contributed by atoms with Crippen LogP contribution in [0.2, 0.25) is 0 Å². The van der Waals surface area contributed by atoms with Gasteiger partial charge in [0.05, 0.1) is 7.11 Å². The van der Waals surface area contributed by atoms with E-state index in [0.29, 0.717) is 29.0 Å². The minimum absolute atomic E-state index is 0.00492. The number of nitrogens with zero attached hydrogens (tertiary/aromatic N) is 1. The number of benzene rings is 2. The molecule has 3 amide bonds. The fraction of sp³-hybridized carbons (Fsp3) is 0.500. The number of thiol groups is 1. The van der Waals surface area contributed by atoms with Gasteiger partial charge in [-0.2, -0.15) is 12.6 Å². The number of unbranched alkanes of at least 4 members (excludes halogenated alkanes) is 3. The summed E-state index contributed by atoms with van der Waals surface area (Å²) in [6.45, 7) is 9.30. The van der Waals surface area contributed by atoms with Crippen LogP contribution in [0.5, 0.6) is 11.5 Å². The van der Waals surface area contributed by atoms with Crippen molar-refractivity contribution in [3.63, 3.8) is 0 Å². The van der Waals surface area contributed by atoms with Crippen molar-refractivity contribution in [1.29, 1.82) is 0 Å². The van der Waals surface area contributed by atoms with Gasteiger partial charge in [-0.05, 0) is 81.6 Å². The molecule has 0 aliphatic carbocycles. The molecule has 2 unspecified atom stereocenters. The maximum atomic E-state index is 14.0. The van der Waals surface area contributed by atoms with Crippen molar-refractivity contribution < 1.29 is 29.0 Å². The molecule has 2 aromatic rings. The van der Waals surface area contributed by atoms with E-state index in [1.807, 2.05) is 0 Å². The van der Waals surface area contributed by atoms with Gasteiger partial charge in [-0.25, -0.2) is 4.79 Å². The van der Waals surface area contributed by atoms with Crippen LogP contribution in [-0.2, 0) is 14.3 Å². The molecule has 0 heterocycles. The topological polar surface area (TPSA) is 117 Å². The predicted octanol–water partition coefficient (Wildman–Crippen LogP) is 5.62. The third-order valence-corrected chi connectivity index (χ3v) is 6.53. The van der Waals surface area contributed by atoms with Gasteiger partial charge in [-0.15, -0.1) is 0 Å². The van der Waals surface area contributed by atoms with Gasteiger partial charge in [0.15, 0.2) is 0 Å². The van der Waals surface area contributed by atoms with Gasteiger partial charge in [-0.1, -0.05) is 32.3 Å². The van der Waals surface area contributed by atoms with Crippen LogP contribution in [0.4, 0.5) is 10.5 Å². The van der Waals surface area contributed by atoms with Gasteiger partial charge in [0, 0.05) is 18.0 Å². The second-order valence-corrected chi connectivity index (χ2v) is 11.0. The Balaban J connectivity index is 2.50. The third kappa shape index (κ3) is 9.97. The van der Waals surface area contributed by atoms with E-state index in [0.717, 1.165) is 19.3 Å². The Bertz CT molecular complexity index is 1130. The van der Waals surface area contributed by atoms with Crippen LogP contribution < -0.4 is 15.4 Å². The average Bonchev–Trinajstić information content (AvgIpc) is 2.89. The van der Waals surface area contributed by atoms with E-state index in [1.54, 1.807) is 71.2 Å². The van der Waals surface area contributed by atoms with Crippen LogP contribution >= 0.6 is 12.6 Å². The van der Waals surface area contributed by atoms with Gasteiger partial charge in [0.1, 0.15) is 29.2 Å². The number of rotatable bonds is 13. The Morgan fingerprint density at radius 2 is 1.73 bits per heavy atom. The number of phenolic OH excluding ortho intramolecular Hbond substituents is 1. The summed E-state index contributed by atoms with van der Waals surface area (Å²) in [4.78, 5) is 41.9. The molecule has 2 atom stereocenters. The number of amides is 3. The molecule has 0 aromatic heterocycles. The first-order chi connectivity index (χ1) is 18.9. The van der Waals surface area contributed by atoms with Crippen LogP contribution in [0.1, 0.15) is 70.5 Å². The summed E-state index contributed by atoms with van der Waals surface area (Å²) in [5.41, 5.74) is 0.872. The normalized spacial score (nSPS) is 12.7. The second-order valence-electron chi connectivity index (χ2n) is 10.6. The first-order valence-electron chi connectivity index (χ1n) is 13.6. The summed E-state index contributed by atoms with van der Waals surface area (Å²) in [7, 11) is 1.56. The van der Waals surface area contributed by atoms with E-state index in [1.165, 1.54) is 11.0 Å². The predicted molar refractivity (Wildman–Crippen MR) is 160 cm³/mol. The lowest BCUT2D eigenvalue weighted by atomic mass is 9.99. The lowest BCUT2D eigenvalue weighted by Gasteiger charge is -2.34. The minimum Gasteiger partial charge on any atom is -0.508 e. The maximum absolute atomic E-state index is 14.0. The summed E-state index contributed by atoms with van der Waals surface area (Å²) in [6, 6.07) is 9.63. The number of phenols is 1. The highest BCUT2D eigenvalue weighted by Gasteiger charge is 2.36. The quantitative estimate of drug-likeness (QED) is 0.183. The number of hydrogen-bond donors (Lipinski definition) is 4. The number of ether oxygens (including phenoxy) is 2. The molecular weight excluding hydrogens is 530 g/mol. The van der Waals surface area contributed by atoms with Gasteiger partial charge >= 0.3 is 6.09 Å². The molecule has 3 N–H and O–H groups in total. The molecule has 0 spiro atoms. The lowest BCUT2D eigenvalue weighted by Crippen LogP contribution is -2.53. The van der Waals surface area contributed by atoms with Gasteiger partial charge in [-0.3, -0.25) is 9.59 Å². The molecule has 40 heavy (non-hydrogen) atoms. The van der Waals surface area contributed by atoms with Gasteiger partial charge in [0.25, 0.3) is 5.91 Å². The molecule has 0 bridgehead atoms. The Hall–Kier alpha value is -3.40. The summed E-state index contributed by atoms with van der Waals surface area (Å²) in [5, 5.41) is 15.7. The van der Waals surface area contributed by atoms with Crippen LogP contribution in [0.3, 0.4) is 0 Å². The molecule has 220 valence electrons. The Labute approximate surface area is 243 Å². The van der Waals surface area contributed by atoms with Crippen LogP contribution in [0, 0.1) is 6.92 Å². The molecule has 2 aromatic carbocycles. The molecule has 0 fully saturated rings. The third-order valence-electron chi connectivity index (χ3n) is 6.16. The molecule has 0 radical (unpaired) electrons. The van der Waals surface area contributed by atoms with Crippen molar-refractivity contribution in [3.05, 3.63) is 53.6 Å². The molecular formula is C30H43N3O6S. The molecule has 2 rings (SSSR count). The summed E-state index contributed by atoms with van der Waals surface area (Å²) in [6.07, 6.45) is 2.77. The molecule has 0 aliphatic heterocycles. The van der Waals surface area contributed by atoms with E-state index in [-0.39, 0.29) is 18.0 Å². The number of alkyl carbamates (subject to hydrolysis) is 1. The van der Waals surface area contributed by atoms with E-state index < -0.39 is 35.6 Å². The van der Waals surface area contributed by atoms with Crippen LogP contribution in [-0.4, -0.2) is 59.0 Å². The number of methoxy groups -OCH3 is 1. The van der Waals surface area contributed by atoms with Gasteiger partial charge in [0.2, 0.25) is 5.91 Å². The van der Waals surface area contributed by atoms with Gasteiger partial charge < -0.3 is 30.1 Å². The Morgan fingerprint density at radius 1 is 1.05 bits per heavy atom. The van der Waals surface area contributed by atoms with Crippen LogP contribution in [0.25, 0.3) is 0 Å². The number of carbonyl (C=O) groups excluding carboxylic acids is 3. The average molecular weight is 574 g/mol. The molecule has 0 aliphatic rings. The summed E-state index contributed by atoms with van der Waals surface area (Å²) >= 11 is 4.33. The smallest absolute Gasteiger partial charge is 0.408 e. The van der Waals surface area contributed by atoms with Crippen molar-refractivity contribution in [3.8, 4) is 11.5 Å². The summed E-state index contributed by atoms with van der Waals surface area (Å²) < 4.78 is 10.6. The minimum atomic E-state index is -1.04. The van der Waals surface area contributed by atoms with E-state index in [9.17, 15) is 19.5 Å². The Kier molecular flexibility index (Phi) is 12.6. The number of hydrogen-bond acceptors (Lipinski definition) is 7. The first kappa shape index (κ1) is 32.8. The highest BCUT2D eigenvalue weighted by atomic mass is 32.1. The maximum Gasteiger partial charge on any atom is 0.408 e. The highest BCUT2D eigenvalue weighted by molar-refractivity contribution is 7.80. The lowest BCUT2D eigenvalue weighted by molar-refractivity contribution is -0.140. The summed E-state index contributed by atoms with van der Waals surface area (Å²) in [5.74, 6) is -0.169. The van der Waals surface area contributed by atoms with Crippen molar-refractivity contribution in [1.82, 2.24) is 10.2 Å². The van der Waals surface area contributed by atoms with Crippen molar-refractivity contribution in [2.45, 2.75) is 78.0 Å². The number of aromatic hydroxyl groups is 1. The van der Waals surface area contributed by atoms with Crippen molar-refractivity contribution >= 4 is 36.2 Å².